The second-order valence-electron chi connectivity index (χ2n) is 4.38. The zero-order chi connectivity index (χ0) is 13.6. The highest BCUT2D eigenvalue weighted by molar-refractivity contribution is 5.91. The minimum absolute atomic E-state index is 0. The smallest absolute Gasteiger partial charge is 0.345 e. The van der Waals surface area contributed by atoms with E-state index in [1.54, 1.807) is 12.4 Å². The van der Waals surface area contributed by atoms with Crippen molar-refractivity contribution in [2.45, 2.75) is 19.4 Å². The third kappa shape index (κ3) is 1.96. The molecule has 0 amide bonds. The van der Waals surface area contributed by atoms with Gasteiger partial charge in [-0.1, -0.05) is 0 Å². The predicted molar refractivity (Wildman–Crippen MR) is 72.5 cm³/mol. The lowest BCUT2D eigenvalue weighted by molar-refractivity contribution is 0.0691. The molecule has 0 saturated carbocycles. The van der Waals surface area contributed by atoms with E-state index in [9.17, 15) is 14.7 Å². The third-order valence-corrected chi connectivity index (χ3v) is 3.27. The average Bonchev–Trinajstić information content (AvgIpc) is 2.73. The van der Waals surface area contributed by atoms with Crippen molar-refractivity contribution in [2.24, 2.45) is 0 Å². The molecule has 3 N–H and O–H groups in total. The lowest BCUT2D eigenvalue weighted by atomic mass is 10.0. The summed E-state index contributed by atoms with van der Waals surface area (Å²) < 4.78 is 1.86. The highest BCUT2D eigenvalue weighted by Crippen LogP contribution is 2.31. The molecule has 0 spiro atoms. The van der Waals surface area contributed by atoms with E-state index in [1.807, 2.05) is 4.57 Å². The second-order valence-corrected chi connectivity index (χ2v) is 4.38. The molecule has 2 aromatic heterocycles. The summed E-state index contributed by atoms with van der Waals surface area (Å²) >= 11 is 0. The van der Waals surface area contributed by atoms with Crippen LogP contribution in [0, 0.1) is 0 Å². The number of aromatic carboxylic acids is 1. The van der Waals surface area contributed by atoms with Crippen LogP contribution in [-0.4, -0.2) is 30.7 Å². The molecule has 1 aliphatic heterocycles. The van der Waals surface area contributed by atoms with Crippen LogP contribution in [0.4, 0.5) is 0 Å². The topological polar surface area (TPSA) is 108 Å². The number of nitrogens with one attached hydrogen (secondary N) is 1. The van der Waals surface area contributed by atoms with E-state index >= 15 is 0 Å². The number of hydrogen-bond donors (Lipinski definition) is 3. The standard InChI is InChI=1S/C12H11N3O4.ClH/c16-9-6-2-1-4-15-5-3-13-10(15)8(6)14-11(17)7(9)12(18)19;/h3,5H,1-2,4H2,(H,18,19)(H2,14,16,17);1H. The first-order valence-corrected chi connectivity index (χ1v) is 5.82. The van der Waals surface area contributed by atoms with E-state index in [2.05, 4.69) is 9.97 Å². The number of aromatic amines is 1. The SMILES string of the molecule is Cl.O=C(O)c1c(O)c2c([nH]c1=O)-c1nccn1CCC2. The summed E-state index contributed by atoms with van der Waals surface area (Å²) in [6, 6.07) is 0. The van der Waals surface area contributed by atoms with Crippen LogP contribution in [0.25, 0.3) is 11.5 Å². The van der Waals surface area contributed by atoms with Crippen LogP contribution in [0.1, 0.15) is 22.3 Å². The summed E-state index contributed by atoms with van der Waals surface area (Å²) in [5.74, 6) is -1.35. The predicted octanol–water partition coefficient (Wildman–Crippen LogP) is 1.01. The van der Waals surface area contributed by atoms with Crippen LogP contribution in [0.2, 0.25) is 0 Å². The van der Waals surface area contributed by atoms with Crippen LogP contribution < -0.4 is 5.56 Å². The molecule has 106 valence electrons. The number of H-pyrrole nitrogens is 1. The number of halogens is 1. The van der Waals surface area contributed by atoms with Gasteiger partial charge in [0.1, 0.15) is 5.75 Å². The van der Waals surface area contributed by atoms with Crippen LogP contribution in [0.15, 0.2) is 17.2 Å². The summed E-state index contributed by atoms with van der Waals surface area (Å²) in [5, 5.41) is 19.0. The number of pyridine rings is 1. The Kier molecular flexibility index (Phi) is 3.54. The molecule has 0 atom stereocenters. The molecule has 0 fully saturated rings. The van der Waals surface area contributed by atoms with E-state index in [-0.39, 0.29) is 12.4 Å². The van der Waals surface area contributed by atoms with Crippen molar-refractivity contribution in [3.05, 3.63) is 33.9 Å². The van der Waals surface area contributed by atoms with E-state index in [4.69, 9.17) is 5.11 Å². The molecule has 1 aliphatic rings. The molecule has 0 aromatic carbocycles. The zero-order valence-corrected chi connectivity index (χ0v) is 11.1. The molecule has 0 aliphatic carbocycles. The van der Waals surface area contributed by atoms with Gasteiger partial charge in [0, 0.05) is 24.5 Å². The molecule has 0 unspecified atom stereocenters. The number of nitrogens with zero attached hydrogens (tertiary/aromatic N) is 2. The number of carboxylic acid groups (broad SMARTS) is 1. The highest BCUT2D eigenvalue weighted by Gasteiger charge is 2.25. The molecule has 7 nitrogen and oxygen atoms in total. The molecule has 3 heterocycles. The fraction of sp³-hybridized carbons (Fsp3) is 0.250. The number of hydrogen-bond acceptors (Lipinski definition) is 4. The van der Waals surface area contributed by atoms with Gasteiger partial charge in [-0.25, -0.2) is 9.78 Å². The number of rotatable bonds is 1. The second kappa shape index (κ2) is 5.01. The van der Waals surface area contributed by atoms with Gasteiger partial charge in [0.15, 0.2) is 11.4 Å². The van der Waals surface area contributed by atoms with E-state index < -0.39 is 22.8 Å². The van der Waals surface area contributed by atoms with Gasteiger partial charge in [-0.05, 0) is 12.8 Å². The maximum atomic E-state index is 11.8. The number of aromatic hydroxyl groups is 1. The van der Waals surface area contributed by atoms with Crippen molar-refractivity contribution in [2.75, 3.05) is 0 Å². The molecule has 2 aromatic rings. The molecule has 20 heavy (non-hydrogen) atoms. The Bertz CT molecular complexity index is 735. The van der Waals surface area contributed by atoms with Gasteiger partial charge in [-0.3, -0.25) is 4.79 Å². The maximum absolute atomic E-state index is 11.8. The summed E-state index contributed by atoms with van der Waals surface area (Å²) in [6.45, 7) is 0.702. The van der Waals surface area contributed by atoms with Crippen molar-refractivity contribution >= 4 is 18.4 Å². The molecule has 8 heteroatoms. The van der Waals surface area contributed by atoms with Crippen molar-refractivity contribution < 1.29 is 15.0 Å². The first kappa shape index (κ1) is 14.1. The minimum atomic E-state index is -1.44. The van der Waals surface area contributed by atoms with Gasteiger partial charge in [0.25, 0.3) is 5.56 Å². The van der Waals surface area contributed by atoms with Gasteiger partial charge in [0.2, 0.25) is 0 Å². The zero-order valence-electron chi connectivity index (χ0n) is 10.3. The fourth-order valence-electron chi connectivity index (χ4n) is 2.40. The first-order chi connectivity index (χ1) is 9.09. The van der Waals surface area contributed by atoms with Crippen molar-refractivity contribution in [3.63, 3.8) is 0 Å². The summed E-state index contributed by atoms with van der Waals surface area (Å²) in [7, 11) is 0. The van der Waals surface area contributed by atoms with E-state index in [1.165, 1.54) is 0 Å². The quantitative estimate of drug-likeness (QED) is 0.728. The summed E-state index contributed by atoms with van der Waals surface area (Å²) in [6.07, 6.45) is 4.60. The Hall–Kier alpha value is -2.28. The Morgan fingerprint density at radius 2 is 2.20 bits per heavy atom. The summed E-state index contributed by atoms with van der Waals surface area (Å²) in [5.41, 5.74) is -0.601. The number of aromatic nitrogens is 3. The van der Waals surface area contributed by atoms with Gasteiger partial charge >= 0.3 is 5.97 Å². The number of imidazole rings is 1. The normalized spacial score (nSPS) is 12.8. The van der Waals surface area contributed by atoms with Crippen molar-refractivity contribution in [1.29, 1.82) is 0 Å². The summed E-state index contributed by atoms with van der Waals surface area (Å²) in [4.78, 5) is 29.4. The number of fused-ring (bicyclic) bond motifs is 3. The van der Waals surface area contributed by atoms with Crippen LogP contribution in [0.5, 0.6) is 5.75 Å². The van der Waals surface area contributed by atoms with E-state index in [0.29, 0.717) is 30.0 Å². The monoisotopic (exact) mass is 297 g/mol. The number of aryl methyl sites for hydroxylation is 1. The molecular formula is C12H12ClN3O4. The Labute approximate surface area is 119 Å². The average molecular weight is 298 g/mol. The highest BCUT2D eigenvalue weighted by atomic mass is 35.5. The van der Waals surface area contributed by atoms with Crippen LogP contribution in [-0.2, 0) is 13.0 Å². The molecule has 0 saturated heterocycles. The third-order valence-electron chi connectivity index (χ3n) is 3.27. The molecule has 0 bridgehead atoms. The Morgan fingerprint density at radius 1 is 1.45 bits per heavy atom. The Balaban J connectivity index is 0.00000147. The van der Waals surface area contributed by atoms with Crippen molar-refractivity contribution in [1.82, 2.24) is 14.5 Å². The lowest BCUT2D eigenvalue weighted by Crippen LogP contribution is -2.20. The Morgan fingerprint density at radius 3 is 2.90 bits per heavy atom. The molecule has 0 radical (unpaired) electrons. The number of carboxylic acids is 1. The van der Waals surface area contributed by atoms with Gasteiger partial charge in [-0.15, -0.1) is 12.4 Å². The first-order valence-electron chi connectivity index (χ1n) is 5.82. The molecule has 3 rings (SSSR count). The minimum Gasteiger partial charge on any atom is -0.506 e. The van der Waals surface area contributed by atoms with Gasteiger partial charge in [-0.2, -0.15) is 0 Å². The number of carbonyl (C=O) groups is 1. The van der Waals surface area contributed by atoms with Crippen molar-refractivity contribution in [3.8, 4) is 17.3 Å². The fourth-order valence-corrected chi connectivity index (χ4v) is 2.40. The largest absolute Gasteiger partial charge is 0.506 e. The maximum Gasteiger partial charge on any atom is 0.345 e. The van der Waals surface area contributed by atoms with Crippen LogP contribution >= 0.6 is 12.4 Å². The van der Waals surface area contributed by atoms with Gasteiger partial charge in [0.05, 0.1) is 5.69 Å². The van der Waals surface area contributed by atoms with E-state index in [0.717, 1.165) is 6.42 Å². The van der Waals surface area contributed by atoms with Crippen LogP contribution in [0.3, 0.4) is 0 Å². The molecular weight excluding hydrogens is 286 g/mol. The van der Waals surface area contributed by atoms with Gasteiger partial charge < -0.3 is 19.8 Å². The lowest BCUT2D eigenvalue weighted by Gasteiger charge is -2.09.